The highest BCUT2D eigenvalue weighted by Crippen LogP contribution is 2.17. The molecule has 162 valence electrons. The molecule has 0 saturated carbocycles. The van der Waals surface area contributed by atoms with E-state index in [1.807, 2.05) is 32.9 Å². The molecule has 0 aliphatic rings. The topological polar surface area (TPSA) is 49.4 Å². The lowest BCUT2D eigenvalue weighted by molar-refractivity contribution is -0.140. The predicted octanol–water partition coefficient (Wildman–Crippen LogP) is 4.71. The van der Waals surface area contributed by atoms with Crippen molar-refractivity contribution in [2.45, 2.75) is 66.0 Å². The Kier molecular flexibility index (Phi) is 9.03. The average molecular weight is 413 g/mol. The summed E-state index contributed by atoms with van der Waals surface area (Å²) in [6.45, 7) is 8.86. The van der Waals surface area contributed by atoms with Gasteiger partial charge in [0, 0.05) is 13.1 Å². The van der Waals surface area contributed by atoms with Crippen LogP contribution >= 0.6 is 0 Å². The molecule has 2 rings (SSSR count). The molecule has 0 spiro atoms. The smallest absolute Gasteiger partial charge is 0.242 e. The van der Waals surface area contributed by atoms with Crippen molar-refractivity contribution in [3.63, 3.8) is 0 Å². The minimum atomic E-state index is -0.565. The van der Waals surface area contributed by atoms with E-state index in [1.54, 1.807) is 17.0 Å². The van der Waals surface area contributed by atoms with Crippen molar-refractivity contribution in [1.29, 1.82) is 0 Å². The molecule has 0 saturated heterocycles. The maximum Gasteiger partial charge on any atom is 0.242 e. The SMILES string of the molecule is CCCCNC(=O)C(CC)N(Cc1ccc(F)cc1)C(=O)Cc1cc(C)cc(C)c1. The maximum atomic E-state index is 13.3. The molecule has 2 amide bonds. The lowest BCUT2D eigenvalue weighted by Gasteiger charge is -2.31. The molecular formula is C25H33FN2O2. The fourth-order valence-electron chi connectivity index (χ4n) is 3.66. The Bertz CT molecular complexity index is 828. The number of aryl methyl sites for hydroxylation is 2. The van der Waals surface area contributed by atoms with E-state index >= 15 is 0 Å². The van der Waals surface area contributed by atoms with Gasteiger partial charge in [-0.1, -0.05) is 61.7 Å². The first-order chi connectivity index (χ1) is 14.3. The Morgan fingerprint density at radius 3 is 2.20 bits per heavy atom. The second-order valence-corrected chi connectivity index (χ2v) is 7.89. The van der Waals surface area contributed by atoms with Crippen molar-refractivity contribution in [1.82, 2.24) is 10.2 Å². The Hall–Kier alpha value is -2.69. The number of hydrogen-bond donors (Lipinski definition) is 1. The van der Waals surface area contributed by atoms with Crippen LogP contribution in [-0.2, 0) is 22.6 Å². The number of benzene rings is 2. The van der Waals surface area contributed by atoms with Crippen LogP contribution in [0.15, 0.2) is 42.5 Å². The highest BCUT2D eigenvalue weighted by atomic mass is 19.1. The van der Waals surface area contributed by atoms with Crippen molar-refractivity contribution < 1.29 is 14.0 Å². The van der Waals surface area contributed by atoms with E-state index in [-0.39, 0.29) is 30.6 Å². The molecule has 0 aromatic heterocycles. The number of nitrogens with one attached hydrogen (secondary N) is 1. The average Bonchev–Trinajstić information content (AvgIpc) is 2.68. The first-order valence-electron chi connectivity index (χ1n) is 10.7. The third kappa shape index (κ3) is 6.97. The molecule has 2 aromatic rings. The maximum absolute atomic E-state index is 13.3. The van der Waals surface area contributed by atoms with Crippen LogP contribution in [0.2, 0.25) is 0 Å². The van der Waals surface area contributed by atoms with Crippen molar-refractivity contribution in [2.75, 3.05) is 6.54 Å². The van der Waals surface area contributed by atoms with Crippen molar-refractivity contribution in [3.8, 4) is 0 Å². The molecule has 2 aromatic carbocycles. The van der Waals surface area contributed by atoms with Crippen LogP contribution in [-0.4, -0.2) is 29.3 Å². The molecule has 0 aliphatic heterocycles. The largest absolute Gasteiger partial charge is 0.354 e. The number of nitrogens with zero attached hydrogens (tertiary/aromatic N) is 1. The number of rotatable bonds is 10. The van der Waals surface area contributed by atoms with Crippen LogP contribution in [0, 0.1) is 19.7 Å². The van der Waals surface area contributed by atoms with E-state index in [0.29, 0.717) is 13.0 Å². The summed E-state index contributed by atoms with van der Waals surface area (Å²) in [6, 6.07) is 11.6. The summed E-state index contributed by atoms with van der Waals surface area (Å²) < 4.78 is 13.3. The molecule has 0 radical (unpaired) electrons. The quantitative estimate of drug-likeness (QED) is 0.575. The van der Waals surface area contributed by atoms with Crippen molar-refractivity contribution >= 4 is 11.8 Å². The van der Waals surface area contributed by atoms with Crippen LogP contribution in [0.4, 0.5) is 4.39 Å². The molecule has 1 N–H and O–H groups in total. The first kappa shape index (κ1) is 23.6. The van der Waals surface area contributed by atoms with E-state index in [0.717, 1.165) is 35.1 Å². The Labute approximate surface area is 179 Å². The summed E-state index contributed by atoms with van der Waals surface area (Å²) in [5.74, 6) is -0.570. The van der Waals surface area contributed by atoms with Gasteiger partial charge in [-0.15, -0.1) is 0 Å². The zero-order valence-electron chi connectivity index (χ0n) is 18.5. The molecule has 5 heteroatoms. The monoisotopic (exact) mass is 412 g/mol. The van der Waals surface area contributed by atoms with E-state index in [4.69, 9.17) is 0 Å². The van der Waals surface area contributed by atoms with Crippen molar-refractivity contribution in [3.05, 3.63) is 70.5 Å². The Balaban J connectivity index is 2.26. The fraction of sp³-hybridized carbons (Fsp3) is 0.440. The lowest BCUT2D eigenvalue weighted by Crippen LogP contribution is -2.49. The normalized spacial score (nSPS) is 11.8. The zero-order chi connectivity index (χ0) is 22.1. The summed E-state index contributed by atoms with van der Waals surface area (Å²) in [5.41, 5.74) is 3.94. The third-order valence-electron chi connectivity index (χ3n) is 5.12. The van der Waals surface area contributed by atoms with Gasteiger partial charge in [-0.05, 0) is 49.9 Å². The minimum Gasteiger partial charge on any atom is -0.354 e. The van der Waals surface area contributed by atoms with Gasteiger partial charge in [0.1, 0.15) is 11.9 Å². The van der Waals surface area contributed by atoms with Gasteiger partial charge in [0.05, 0.1) is 6.42 Å². The molecule has 30 heavy (non-hydrogen) atoms. The molecule has 4 nitrogen and oxygen atoms in total. The minimum absolute atomic E-state index is 0.109. The molecule has 1 unspecified atom stereocenters. The molecule has 0 bridgehead atoms. The highest BCUT2D eigenvalue weighted by molar-refractivity contribution is 5.88. The van der Waals surface area contributed by atoms with Gasteiger partial charge < -0.3 is 10.2 Å². The molecule has 0 aliphatic carbocycles. The first-order valence-corrected chi connectivity index (χ1v) is 10.7. The van der Waals surface area contributed by atoms with Gasteiger partial charge in [0.25, 0.3) is 0 Å². The molecular weight excluding hydrogens is 379 g/mol. The van der Waals surface area contributed by atoms with Gasteiger partial charge in [0.15, 0.2) is 0 Å². The van der Waals surface area contributed by atoms with Crippen LogP contribution in [0.3, 0.4) is 0 Å². The van der Waals surface area contributed by atoms with E-state index in [1.165, 1.54) is 12.1 Å². The van der Waals surface area contributed by atoms with Gasteiger partial charge in [-0.2, -0.15) is 0 Å². The van der Waals surface area contributed by atoms with E-state index in [9.17, 15) is 14.0 Å². The van der Waals surface area contributed by atoms with Crippen LogP contribution in [0.5, 0.6) is 0 Å². The fourth-order valence-corrected chi connectivity index (χ4v) is 3.66. The number of hydrogen-bond acceptors (Lipinski definition) is 2. The predicted molar refractivity (Wildman–Crippen MR) is 119 cm³/mol. The second kappa shape index (κ2) is 11.5. The zero-order valence-corrected chi connectivity index (χ0v) is 18.5. The number of unbranched alkanes of at least 4 members (excludes halogenated alkanes) is 1. The van der Waals surface area contributed by atoms with E-state index < -0.39 is 6.04 Å². The van der Waals surface area contributed by atoms with Gasteiger partial charge >= 0.3 is 0 Å². The van der Waals surface area contributed by atoms with Crippen LogP contribution < -0.4 is 5.32 Å². The number of halogens is 1. The summed E-state index contributed by atoms with van der Waals surface area (Å²) >= 11 is 0. The molecule has 0 heterocycles. The number of carbonyl (C=O) groups excluding carboxylic acids is 2. The van der Waals surface area contributed by atoms with Crippen LogP contribution in [0.1, 0.15) is 55.4 Å². The molecule has 1 atom stereocenters. The van der Waals surface area contributed by atoms with Crippen molar-refractivity contribution in [2.24, 2.45) is 0 Å². The summed E-state index contributed by atoms with van der Waals surface area (Å²) in [5, 5.41) is 2.95. The Morgan fingerprint density at radius 2 is 1.63 bits per heavy atom. The van der Waals surface area contributed by atoms with Gasteiger partial charge in [-0.25, -0.2) is 4.39 Å². The summed E-state index contributed by atoms with van der Waals surface area (Å²) in [7, 11) is 0. The third-order valence-corrected chi connectivity index (χ3v) is 5.12. The number of amides is 2. The summed E-state index contributed by atoms with van der Waals surface area (Å²) in [6.07, 6.45) is 2.62. The summed E-state index contributed by atoms with van der Waals surface area (Å²) in [4.78, 5) is 27.8. The number of carbonyl (C=O) groups is 2. The van der Waals surface area contributed by atoms with E-state index in [2.05, 4.69) is 18.3 Å². The highest BCUT2D eigenvalue weighted by Gasteiger charge is 2.28. The van der Waals surface area contributed by atoms with Gasteiger partial charge in [0.2, 0.25) is 11.8 Å². The standard InChI is InChI=1S/C25H33FN2O2/c1-5-7-12-27-25(30)23(6-2)28(17-20-8-10-22(26)11-9-20)24(29)16-21-14-18(3)13-19(4)15-21/h8-11,13-15,23H,5-7,12,16-17H2,1-4H3,(H,27,30). The lowest BCUT2D eigenvalue weighted by atomic mass is 10.0. The van der Waals surface area contributed by atoms with Gasteiger partial charge in [-0.3, -0.25) is 9.59 Å². The molecule has 0 fully saturated rings. The second-order valence-electron chi connectivity index (χ2n) is 7.89. The Morgan fingerprint density at radius 1 is 1.00 bits per heavy atom. The van der Waals surface area contributed by atoms with Crippen LogP contribution in [0.25, 0.3) is 0 Å².